The predicted octanol–water partition coefficient (Wildman–Crippen LogP) is 3.42. The summed E-state index contributed by atoms with van der Waals surface area (Å²) >= 11 is 0. The Kier molecular flexibility index (Phi) is 8.57. The van der Waals surface area contributed by atoms with Crippen molar-refractivity contribution in [1.82, 2.24) is 5.32 Å². The van der Waals surface area contributed by atoms with Crippen molar-refractivity contribution in [3.05, 3.63) is 70.8 Å². The quantitative estimate of drug-likeness (QED) is 0.283. The molecule has 3 atom stereocenters. The Bertz CT molecular complexity index is 1050. The van der Waals surface area contributed by atoms with Gasteiger partial charge in [0.2, 0.25) is 5.91 Å². The van der Waals surface area contributed by atoms with Crippen LogP contribution in [-0.4, -0.2) is 36.6 Å². The summed E-state index contributed by atoms with van der Waals surface area (Å²) in [7, 11) is 1.37. The second kappa shape index (κ2) is 11.6. The standard InChI is InChI=1S/C27H33N3O4/c1-17(24(31)13-9-18-6-10-21(11-7-18)25(28)29)30-26(32)22-12-8-20(15-22)14-19-4-3-5-23(16-19)27(33)34-2/h3-7,10-11,16-17,20,22H,8-9,12-15H2,1-2H3,(H3,28,29)(H,30,32)/t17-,20-,22+/m0/s1. The molecule has 1 amide bonds. The van der Waals surface area contributed by atoms with Crippen LogP contribution in [0.4, 0.5) is 0 Å². The average Bonchev–Trinajstić information content (AvgIpc) is 3.31. The van der Waals surface area contributed by atoms with Crippen LogP contribution in [0.5, 0.6) is 0 Å². The predicted molar refractivity (Wildman–Crippen MR) is 131 cm³/mol. The normalized spacial score (nSPS) is 18.2. The first-order chi connectivity index (χ1) is 16.3. The molecule has 0 unspecified atom stereocenters. The Hall–Kier alpha value is -3.48. The number of esters is 1. The number of hydrogen-bond donors (Lipinski definition) is 3. The first kappa shape index (κ1) is 25.1. The van der Waals surface area contributed by atoms with Crippen molar-refractivity contribution in [3.63, 3.8) is 0 Å². The van der Waals surface area contributed by atoms with E-state index in [9.17, 15) is 14.4 Å². The Balaban J connectivity index is 1.45. The van der Waals surface area contributed by atoms with Crippen LogP contribution < -0.4 is 11.1 Å². The minimum atomic E-state index is -0.528. The fraction of sp³-hybridized carbons (Fsp3) is 0.407. The van der Waals surface area contributed by atoms with Crippen LogP contribution in [0.15, 0.2) is 48.5 Å². The number of amides is 1. The number of hydrogen-bond acceptors (Lipinski definition) is 5. The number of carbonyl (C=O) groups is 3. The van der Waals surface area contributed by atoms with E-state index in [2.05, 4.69) is 5.32 Å². The number of benzene rings is 2. The molecule has 3 rings (SSSR count). The summed E-state index contributed by atoms with van der Waals surface area (Å²) in [5, 5.41) is 10.3. The van der Waals surface area contributed by atoms with Crippen LogP contribution in [0.2, 0.25) is 0 Å². The third-order valence-electron chi connectivity index (χ3n) is 6.55. The van der Waals surface area contributed by atoms with Crippen molar-refractivity contribution in [2.24, 2.45) is 17.6 Å². The molecule has 7 nitrogen and oxygen atoms in total. The fourth-order valence-corrected chi connectivity index (χ4v) is 4.52. The summed E-state index contributed by atoms with van der Waals surface area (Å²) in [5.41, 5.74) is 8.71. The molecule has 0 heterocycles. The summed E-state index contributed by atoms with van der Waals surface area (Å²) in [6.45, 7) is 1.74. The summed E-state index contributed by atoms with van der Waals surface area (Å²) in [6, 6.07) is 14.2. The summed E-state index contributed by atoms with van der Waals surface area (Å²) in [6.07, 6.45) is 4.25. The van der Waals surface area contributed by atoms with E-state index in [0.717, 1.165) is 36.8 Å². The number of Topliss-reactive ketones (excluding diaryl/α,β-unsaturated/α-hetero) is 1. The molecule has 2 aromatic rings. The number of carbonyl (C=O) groups excluding carboxylic acids is 3. The number of nitrogens with one attached hydrogen (secondary N) is 2. The van der Waals surface area contributed by atoms with E-state index in [-0.39, 0.29) is 29.4 Å². The summed E-state index contributed by atoms with van der Waals surface area (Å²) < 4.78 is 4.79. The molecule has 1 aliphatic carbocycles. The highest BCUT2D eigenvalue weighted by atomic mass is 16.5. The van der Waals surface area contributed by atoms with E-state index >= 15 is 0 Å². The molecule has 7 heteroatoms. The van der Waals surface area contributed by atoms with Crippen LogP contribution in [0, 0.1) is 17.2 Å². The lowest BCUT2D eigenvalue weighted by molar-refractivity contribution is -0.129. The monoisotopic (exact) mass is 463 g/mol. The van der Waals surface area contributed by atoms with Crippen molar-refractivity contribution >= 4 is 23.5 Å². The van der Waals surface area contributed by atoms with Gasteiger partial charge in [-0.05, 0) is 68.2 Å². The van der Waals surface area contributed by atoms with Crippen molar-refractivity contribution in [3.8, 4) is 0 Å². The maximum absolute atomic E-state index is 12.8. The SMILES string of the molecule is COC(=O)c1cccc(C[C@@H]2CC[C@@H](C(=O)N[C@@H](C)C(=O)CCc3ccc(C(=N)N)cc3)C2)c1. The number of ether oxygens (including phenoxy) is 1. The highest BCUT2D eigenvalue weighted by Crippen LogP contribution is 2.33. The molecule has 0 spiro atoms. The number of nitrogens with two attached hydrogens (primary N) is 1. The van der Waals surface area contributed by atoms with Crippen LogP contribution in [0.25, 0.3) is 0 Å². The highest BCUT2D eigenvalue weighted by Gasteiger charge is 2.31. The zero-order valence-electron chi connectivity index (χ0n) is 19.8. The van der Waals surface area contributed by atoms with Gasteiger partial charge in [0.1, 0.15) is 5.84 Å². The minimum Gasteiger partial charge on any atom is -0.465 e. The number of ketones is 1. The van der Waals surface area contributed by atoms with Gasteiger partial charge in [0, 0.05) is 17.9 Å². The molecule has 0 aliphatic heterocycles. The van der Waals surface area contributed by atoms with E-state index in [0.29, 0.717) is 29.9 Å². The fourth-order valence-electron chi connectivity index (χ4n) is 4.52. The van der Waals surface area contributed by atoms with Crippen LogP contribution in [-0.2, 0) is 27.2 Å². The van der Waals surface area contributed by atoms with Crippen LogP contribution in [0.3, 0.4) is 0 Å². The van der Waals surface area contributed by atoms with E-state index in [1.54, 1.807) is 25.1 Å². The molecular formula is C27H33N3O4. The lowest BCUT2D eigenvalue weighted by Crippen LogP contribution is -2.41. The van der Waals surface area contributed by atoms with Crippen LogP contribution >= 0.6 is 0 Å². The third kappa shape index (κ3) is 6.76. The molecule has 0 radical (unpaired) electrons. The second-order valence-corrected chi connectivity index (χ2v) is 9.08. The number of amidine groups is 1. The molecule has 180 valence electrons. The molecule has 34 heavy (non-hydrogen) atoms. The zero-order valence-corrected chi connectivity index (χ0v) is 19.8. The molecule has 4 N–H and O–H groups in total. The Morgan fingerprint density at radius 1 is 1.09 bits per heavy atom. The molecule has 1 saturated carbocycles. The van der Waals surface area contributed by atoms with Gasteiger partial charge in [-0.15, -0.1) is 0 Å². The largest absolute Gasteiger partial charge is 0.465 e. The maximum atomic E-state index is 12.8. The van der Waals surface area contributed by atoms with Gasteiger partial charge in [-0.25, -0.2) is 4.79 Å². The van der Waals surface area contributed by atoms with Crippen LogP contribution in [0.1, 0.15) is 59.7 Å². The Morgan fingerprint density at radius 3 is 2.50 bits per heavy atom. The van der Waals surface area contributed by atoms with Gasteiger partial charge in [-0.1, -0.05) is 36.4 Å². The lowest BCUT2D eigenvalue weighted by atomic mass is 9.95. The molecule has 2 aromatic carbocycles. The van der Waals surface area contributed by atoms with E-state index in [1.165, 1.54) is 7.11 Å². The van der Waals surface area contributed by atoms with E-state index in [4.69, 9.17) is 15.9 Å². The van der Waals surface area contributed by atoms with Gasteiger partial charge in [-0.2, -0.15) is 0 Å². The minimum absolute atomic E-state index is 0.00170. The van der Waals surface area contributed by atoms with Gasteiger partial charge in [0.25, 0.3) is 0 Å². The molecule has 0 saturated heterocycles. The second-order valence-electron chi connectivity index (χ2n) is 9.08. The van der Waals surface area contributed by atoms with E-state index < -0.39 is 6.04 Å². The van der Waals surface area contributed by atoms with E-state index in [1.807, 2.05) is 30.3 Å². The van der Waals surface area contributed by atoms with Gasteiger partial charge in [-0.3, -0.25) is 15.0 Å². The first-order valence-corrected chi connectivity index (χ1v) is 11.7. The third-order valence-corrected chi connectivity index (χ3v) is 6.55. The maximum Gasteiger partial charge on any atom is 0.337 e. The van der Waals surface area contributed by atoms with Gasteiger partial charge in [0.05, 0.1) is 18.7 Å². The molecule has 1 aliphatic rings. The van der Waals surface area contributed by atoms with Gasteiger partial charge in [0.15, 0.2) is 5.78 Å². The van der Waals surface area contributed by atoms with Crippen molar-refractivity contribution in [1.29, 1.82) is 5.41 Å². The zero-order chi connectivity index (χ0) is 24.7. The molecule has 0 aromatic heterocycles. The Labute approximate surface area is 200 Å². The first-order valence-electron chi connectivity index (χ1n) is 11.7. The lowest BCUT2D eigenvalue weighted by Gasteiger charge is -2.17. The molecule has 1 fully saturated rings. The number of rotatable bonds is 10. The smallest absolute Gasteiger partial charge is 0.337 e. The van der Waals surface area contributed by atoms with Crippen molar-refractivity contribution in [2.75, 3.05) is 7.11 Å². The number of nitrogen functional groups attached to an aromatic ring is 1. The number of methoxy groups -OCH3 is 1. The molecule has 0 bridgehead atoms. The van der Waals surface area contributed by atoms with Crippen molar-refractivity contribution in [2.45, 2.75) is 51.5 Å². The van der Waals surface area contributed by atoms with Gasteiger partial charge >= 0.3 is 5.97 Å². The summed E-state index contributed by atoms with van der Waals surface area (Å²) in [4.78, 5) is 37.1. The topological polar surface area (TPSA) is 122 Å². The summed E-state index contributed by atoms with van der Waals surface area (Å²) in [5.74, 6) is -0.119. The van der Waals surface area contributed by atoms with Crippen molar-refractivity contribution < 1.29 is 19.1 Å². The van der Waals surface area contributed by atoms with Gasteiger partial charge < -0.3 is 15.8 Å². The average molecular weight is 464 g/mol. The highest BCUT2D eigenvalue weighted by molar-refractivity contribution is 5.95. The molecular weight excluding hydrogens is 430 g/mol. The number of aryl methyl sites for hydroxylation is 1. The Morgan fingerprint density at radius 2 is 1.82 bits per heavy atom.